The van der Waals surface area contributed by atoms with Gasteiger partial charge in [-0.25, -0.2) is 0 Å². The first kappa shape index (κ1) is 65.1. The van der Waals surface area contributed by atoms with Crippen LogP contribution in [-0.2, 0) is 66.3 Å². The van der Waals surface area contributed by atoms with Crippen LogP contribution in [0.5, 0.6) is 0 Å². The van der Waals surface area contributed by atoms with Gasteiger partial charge in [0.05, 0.1) is 52.4 Å². The van der Waals surface area contributed by atoms with E-state index in [-0.39, 0.29) is 0 Å². The molecule has 462 valence electrons. The van der Waals surface area contributed by atoms with Crippen molar-refractivity contribution in [3.05, 3.63) is 0 Å². The fraction of sp³-hybridized carbons (Fsp3) is 1.00. The molecule has 35 nitrogen and oxygen atoms in total. The molecule has 0 amide bonds. The minimum absolute atomic E-state index is 0.777. The normalized spacial score (nSPS) is 53.0. The van der Waals surface area contributed by atoms with Crippen molar-refractivity contribution in [2.75, 3.05) is 53.4 Å². The zero-order chi connectivity index (χ0) is 58.1. The molecule has 0 radical (unpaired) electrons. The Morgan fingerprint density at radius 2 is 0.519 bits per heavy atom. The molecule has 21 N–H and O–H groups in total. The Morgan fingerprint density at radius 1 is 0.266 bits per heavy atom. The largest absolute Gasteiger partial charge is 0.394 e. The smallest absolute Gasteiger partial charge is 0.187 e. The summed E-state index contributed by atoms with van der Waals surface area (Å²) in [4.78, 5) is 0. The van der Waals surface area contributed by atoms with Crippen LogP contribution < -0.4 is 0 Å². The SMILES string of the molecule is CO[C@@H]1[C@@H](O)[C@H](OC2[C@@H](O)[C@H](OC3[C@@H](O)[C@H](OC4[C@@H](O)[C@H](OC5[C@H](O)C(C)O[C@@H](CO)[C@@H]5O)O[C@H](COC5O[C@H](CO)[C@@H](O)[C@H](O)[C@H]5O)[C@H]4O)O[C@H](CO)[C@H]3O)O[C@H](COC3O[C@@H](CO)[C@H](O)[C@@H](O)[C@@H]3O)[C@H]2O)O[C@H](CO)[C@H]1O. The Kier molecular flexibility index (Phi) is 23.3. The molecule has 7 unspecified atom stereocenters. The summed E-state index contributed by atoms with van der Waals surface area (Å²) in [5.74, 6) is 0. The molecule has 35 heteroatoms. The standard InChI is InChI=1S/C44H76O35/c1-10-18(50)35(22(54)13(5-47)69-10)76-43-32(64)38(25(57)16(74-43)8-67-39-28(60)26(58)19(51)11(3-45)70-39)79-42-31(63)36(23(55)15(7-49)73-42)77-44-33(65)37(78-41-30(62)34(66-2)21(53)14(6-48)72-41)24(56)17(75-44)9-68-40-29(61)27(59)20(52)12(4-46)71-40/h10-65H,3-9H2,1-2H3/t10?,11-,12+,13+,14-,15-,16-,17-,18-,19-,20+,21-,22+,23-,24-,25-,26+,27-,28-,29+,30-,31-,32-,33-,34+,35?,36?,37?,38?,39?,40?,41+,42+,43+,44+/m1/s1. The lowest BCUT2D eigenvalue weighted by Crippen LogP contribution is -2.68. The Hall–Kier alpha value is -1.40. The molecule has 0 aromatic heterocycles. The van der Waals surface area contributed by atoms with Crippen LogP contribution >= 0.6 is 0 Å². The van der Waals surface area contributed by atoms with Gasteiger partial charge >= 0.3 is 0 Å². The van der Waals surface area contributed by atoms with Crippen molar-refractivity contribution in [1.29, 1.82) is 0 Å². The van der Waals surface area contributed by atoms with Crippen LogP contribution in [0.3, 0.4) is 0 Å². The number of aliphatic hydroxyl groups excluding tert-OH is 21. The van der Waals surface area contributed by atoms with E-state index < -0.39 is 261 Å². The van der Waals surface area contributed by atoms with E-state index in [0.717, 1.165) is 7.11 Å². The van der Waals surface area contributed by atoms with Crippen LogP contribution in [0.2, 0.25) is 0 Å². The number of ether oxygens (including phenoxy) is 14. The molecule has 7 rings (SSSR count). The van der Waals surface area contributed by atoms with Crippen molar-refractivity contribution in [3.63, 3.8) is 0 Å². The zero-order valence-corrected chi connectivity index (χ0v) is 42.3. The van der Waals surface area contributed by atoms with E-state index in [1.807, 2.05) is 0 Å². The minimum atomic E-state index is -2.35. The summed E-state index contributed by atoms with van der Waals surface area (Å²) in [7, 11) is 1.10. The van der Waals surface area contributed by atoms with Crippen molar-refractivity contribution in [1.82, 2.24) is 0 Å². The number of rotatable bonds is 20. The average molecular weight is 1170 g/mol. The van der Waals surface area contributed by atoms with Gasteiger partial charge in [-0.1, -0.05) is 0 Å². The number of methoxy groups -OCH3 is 1. The summed E-state index contributed by atoms with van der Waals surface area (Å²) in [5.41, 5.74) is 0. The molecular weight excluding hydrogens is 1090 g/mol. The van der Waals surface area contributed by atoms with Crippen LogP contribution in [0.4, 0.5) is 0 Å². The Morgan fingerprint density at radius 3 is 0.848 bits per heavy atom. The van der Waals surface area contributed by atoms with E-state index in [1.54, 1.807) is 0 Å². The summed E-state index contributed by atoms with van der Waals surface area (Å²) >= 11 is 0. The zero-order valence-electron chi connectivity index (χ0n) is 42.3. The average Bonchev–Trinajstić information content (AvgIpc) is 3.51. The third-order valence-electron chi connectivity index (χ3n) is 15.0. The van der Waals surface area contributed by atoms with E-state index in [0.29, 0.717) is 0 Å². The van der Waals surface area contributed by atoms with Crippen molar-refractivity contribution >= 4 is 0 Å². The lowest BCUT2D eigenvalue weighted by molar-refractivity contribution is -0.397. The molecule has 0 saturated carbocycles. The van der Waals surface area contributed by atoms with Crippen molar-refractivity contribution in [2.45, 2.75) is 222 Å². The van der Waals surface area contributed by atoms with Gasteiger partial charge in [0.2, 0.25) is 0 Å². The fourth-order valence-corrected chi connectivity index (χ4v) is 10.2. The molecule has 79 heavy (non-hydrogen) atoms. The lowest BCUT2D eigenvalue weighted by Gasteiger charge is -2.50. The van der Waals surface area contributed by atoms with Gasteiger partial charge in [-0.3, -0.25) is 0 Å². The molecule has 7 aliphatic rings. The molecule has 7 heterocycles. The summed E-state index contributed by atoms with van der Waals surface area (Å²) in [6.45, 7) is -4.88. The monoisotopic (exact) mass is 1160 g/mol. The van der Waals surface area contributed by atoms with E-state index in [1.165, 1.54) is 6.92 Å². The Bertz CT molecular complexity index is 1830. The van der Waals surface area contributed by atoms with Gasteiger partial charge in [-0.15, -0.1) is 0 Å². The Labute approximate surface area is 448 Å². The molecule has 0 bridgehead atoms. The molecular formula is C44H76O35. The van der Waals surface area contributed by atoms with Crippen molar-refractivity contribution < 1.29 is 174 Å². The second-order valence-corrected chi connectivity index (χ2v) is 20.2. The van der Waals surface area contributed by atoms with Gasteiger partial charge in [0, 0.05) is 7.11 Å². The Balaban J connectivity index is 1.15. The highest BCUT2D eigenvalue weighted by atomic mass is 16.8. The summed E-state index contributed by atoms with van der Waals surface area (Å²) in [5, 5.41) is 227. The van der Waals surface area contributed by atoms with Crippen LogP contribution in [0.1, 0.15) is 6.92 Å². The topological polar surface area (TPSA) is 554 Å². The van der Waals surface area contributed by atoms with E-state index in [9.17, 15) is 107 Å². The van der Waals surface area contributed by atoms with Crippen molar-refractivity contribution in [3.8, 4) is 0 Å². The van der Waals surface area contributed by atoms with Gasteiger partial charge in [-0.05, 0) is 6.92 Å². The minimum Gasteiger partial charge on any atom is -0.394 e. The van der Waals surface area contributed by atoms with Gasteiger partial charge in [0.25, 0.3) is 0 Å². The third kappa shape index (κ3) is 13.7. The maximum Gasteiger partial charge on any atom is 0.187 e. The highest BCUT2D eigenvalue weighted by Crippen LogP contribution is 2.37. The molecule has 0 aromatic rings. The maximum atomic E-state index is 11.9. The molecule has 7 saturated heterocycles. The van der Waals surface area contributed by atoms with Crippen molar-refractivity contribution in [2.24, 2.45) is 0 Å². The molecule has 0 spiro atoms. The quantitative estimate of drug-likeness (QED) is 0.0538. The van der Waals surface area contributed by atoms with Crippen LogP contribution in [0.15, 0.2) is 0 Å². The second kappa shape index (κ2) is 28.2. The van der Waals surface area contributed by atoms with E-state index >= 15 is 0 Å². The van der Waals surface area contributed by atoms with Gasteiger partial charge in [0.1, 0.15) is 171 Å². The highest BCUT2D eigenvalue weighted by molar-refractivity contribution is 5.01. The predicted molar refractivity (Wildman–Crippen MR) is 240 cm³/mol. The second-order valence-electron chi connectivity index (χ2n) is 20.2. The van der Waals surface area contributed by atoms with Crippen LogP contribution in [-0.4, -0.2) is 375 Å². The number of aliphatic hydroxyl groups is 21. The molecule has 0 aromatic carbocycles. The molecule has 35 atom stereocenters. The number of hydrogen-bond donors (Lipinski definition) is 21. The van der Waals surface area contributed by atoms with Gasteiger partial charge in [-0.2, -0.15) is 0 Å². The number of hydrogen-bond acceptors (Lipinski definition) is 35. The summed E-state index contributed by atoms with van der Waals surface area (Å²) in [6, 6.07) is 0. The van der Waals surface area contributed by atoms with Gasteiger partial charge < -0.3 is 174 Å². The predicted octanol–water partition coefficient (Wildman–Crippen LogP) is -14.6. The molecule has 0 aliphatic carbocycles. The highest BCUT2D eigenvalue weighted by Gasteiger charge is 2.58. The molecule has 7 aliphatic heterocycles. The summed E-state index contributed by atoms with van der Waals surface area (Å²) < 4.78 is 79.1. The van der Waals surface area contributed by atoms with Gasteiger partial charge in [0.15, 0.2) is 37.7 Å². The maximum absolute atomic E-state index is 11.9. The van der Waals surface area contributed by atoms with E-state index in [2.05, 4.69) is 0 Å². The fourth-order valence-electron chi connectivity index (χ4n) is 10.2. The van der Waals surface area contributed by atoms with E-state index in [4.69, 9.17) is 66.3 Å². The third-order valence-corrected chi connectivity index (χ3v) is 15.0. The van der Waals surface area contributed by atoms with Crippen LogP contribution in [0.25, 0.3) is 0 Å². The first-order valence-electron chi connectivity index (χ1n) is 25.4. The summed E-state index contributed by atoms with van der Waals surface area (Å²) in [6.07, 6.45) is -65.7. The first-order valence-corrected chi connectivity index (χ1v) is 25.4. The molecule has 7 fully saturated rings. The lowest BCUT2D eigenvalue weighted by atomic mass is 9.94. The van der Waals surface area contributed by atoms with Crippen LogP contribution in [0, 0.1) is 0 Å². The first-order chi connectivity index (χ1) is 37.5.